The van der Waals surface area contributed by atoms with Crippen molar-refractivity contribution in [3.8, 4) is 5.75 Å². The number of benzene rings is 2. The molecule has 0 spiro atoms. The summed E-state index contributed by atoms with van der Waals surface area (Å²) in [5, 5.41) is 8.10. The van der Waals surface area contributed by atoms with Gasteiger partial charge in [-0.1, -0.05) is 32.0 Å². The highest BCUT2D eigenvalue weighted by Crippen LogP contribution is 2.19. The molecule has 2 aromatic rings. The van der Waals surface area contributed by atoms with Crippen molar-refractivity contribution in [3.05, 3.63) is 54.1 Å². The molecule has 0 radical (unpaired) electrons. The van der Waals surface area contributed by atoms with Gasteiger partial charge in [-0.05, 0) is 48.7 Å². The SMILES string of the molecule is CC(=O)Nc1cccc(NC(=O)NC(C)Oc2ccc(C(C)C)cc2)c1. The highest BCUT2D eigenvalue weighted by molar-refractivity contribution is 5.92. The molecule has 0 aliphatic carbocycles. The highest BCUT2D eigenvalue weighted by atomic mass is 16.5. The van der Waals surface area contributed by atoms with Gasteiger partial charge in [0, 0.05) is 18.3 Å². The minimum absolute atomic E-state index is 0.169. The molecular formula is C20H25N3O3. The topological polar surface area (TPSA) is 79.5 Å². The number of amides is 3. The second-order valence-electron chi connectivity index (χ2n) is 6.34. The fourth-order valence-corrected chi connectivity index (χ4v) is 2.39. The van der Waals surface area contributed by atoms with Gasteiger partial charge < -0.3 is 20.7 Å². The maximum Gasteiger partial charge on any atom is 0.322 e. The van der Waals surface area contributed by atoms with E-state index in [9.17, 15) is 9.59 Å². The Morgan fingerprint density at radius 1 is 0.923 bits per heavy atom. The largest absolute Gasteiger partial charge is 0.471 e. The van der Waals surface area contributed by atoms with Crippen molar-refractivity contribution in [2.45, 2.75) is 39.8 Å². The Morgan fingerprint density at radius 3 is 2.12 bits per heavy atom. The first kappa shape index (κ1) is 19.3. The lowest BCUT2D eigenvalue weighted by Crippen LogP contribution is -2.39. The lowest BCUT2D eigenvalue weighted by molar-refractivity contribution is -0.114. The fraction of sp³-hybridized carbons (Fsp3) is 0.300. The number of ether oxygens (including phenoxy) is 1. The summed E-state index contributed by atoms with van der Waals surface area (Å²) in [5.74, 6) is 0.977. The number of hydrogen-bond acceptors (Lipinski definition) is 3. The van der Waals surface area contributed by atoms with E-state index >= 15 is 0 Å². The maximum absolute atomic E-state index is 12.1. The second-order valence-corrected chi connectivity index (χ2v) is 6.34. The Balaban J connectivity index is 1.87. The molecule has 26 heavy (non-hydrogen) atoms. The van der Waals surface area contributed by atoms with E-state index in [4.69, 9.17) is 4.74 Å². The van der Waals surface area contributed by atoms with Gasteiger partial charge in [-0.3, -0.25) is 4.79 Å². The summed E-state index contributed by atoms with van der Waals surface area (Å²) >= 11 is 0. The molecule has 0 heterocycles. The van der Waals surface area contributed by atoms with Gasteiger partial charge in [0.05, 0.1) is 0 Å². The van der Waals surface area contributed by atoms with Crippen molar-refractivity contribution in [2.24, 2.45) is 0 Å². The average molecular weight is 355 g/mol. The van der Waals surface area contributed by atoms with Gasteiger partial charge in [0.1, 0.15) is 5.75 Å². The Morgan fingerprint density at radius 2 is 1.54 bits per heavy atom. The lowest BCUT2D eigenvalue weighted by atomic mass is 10.0. The molecule has 0 saturated carbocycles. The molecular weight excluding hydrogens is 330 g/mol. The second kappa shape index (κ2) is 8.89. The molecule has 2 rings (SSSR count). The molecule has 0 aromatic heterocycles. The van der Waals surface area contributed by atoms with E-state index in [1.807, 2.05) is 24.3 Å². The zero-order valence-corrected chi connectivity index (χ0v) is 15.5. The third-order valence-electron chi connectivity index (χ3n) is 3.63. The number of urea groups is 1. The molecule has 6 nitrogen and oxygen atoms in total. The standard InChI is InChI=1S/C20H25N3O3/c1-13(2)16-8-10-19(11-9-16)26-15(4)22-20(25)23-18-7-5-6-17(12-18)21-14(3)24/h5-13,15H,1-4H3,(H,21,24)(H2,22,23,25). The first-order valence-electron chi connectivity index (χ1n) is 8.55. The van der Waals surface area contributed by atoms with Crippen molar-refractivity contribution in [1.82, 2.24) is 5.32 Å². The monoisotopic (exact) mass is 355 g/mol. The lowest BCUT2D eigenvalue weighted by Gasteiger charge is -2.17. The van der Waals surface area contributed by atoms with Crippen LogP contribution in [-0.2, 0) is 4.79 Å². The van der Waals surface area contributed by atoms with E-state index < -0.39 is 12.3 Å². The molecule has 1 unspecified atom stereocenters. The van der Waals surface area contributed by atoms with Crippen LogP contribution in [0.5, 0.6) is 5.75 Å². The van der Waals surface area contributed by atoms with Crippen molar-refractivity contribution in [1.29, 1.82) is 0 Å². The Labute approximate surface area is 153 Å². The Kier molecular flexibility index (Phi) is 6.60. The van der Waals surface area contributed by atoms with Crippen LogP contribution in [0.25, 0.3) is 0 Å². The van der Waals surface area contributed by atoms with E-state index in [0.29, 0.717) is 23.0 Å². The third-order valence-corrected chi connectivity index (χ3v) is 3.63. The van der Waals surface area contributed by atoms with Crippen LogP contribution in [0.2, 0.25) is 0 Å². The van der Waals surface area contributed by atoms with Crippen LogP contribution in [0.4, 0.5) is 16.2 Å². The number of anilines is 2. The summed E-state index contributed by atoms with van der Waals surface area (Å²) < 4.78 is 5.70. The molecule has 0 aliphatic heterocycles. The van der Waals surface area contributed by atoms with Crippen LogP contribution >= 0.6 is 0 Å². The molecule has 3 N–H and O–H groups in total. The van der Waals surface area contributed by atoms with E-state index in [1.54, 1.807) is 31.2 Å². The average Bonchev–Trinajstić information content (AvgIpc) is 2.54. The summed E-state index contributed by atoms with van der Waals surface area (Å²) in [6.45, 7) is 7.44. The van der Waals surface area contributed by atoms with Crippen molar-refractivity contribution < 1.29 is 14.3 Å². The summed E-state index contributed by atoms with van der Waals surface area (Å²) in [5.41, 5.74) is 2.42. The number of hydrogen-bond donors (Lipinski definition) is 3. The van der Waals surface area contributed by atoms with Gasteiger partial charge in [0.25, 0.3) is 0 Å². The van der Waals surface area contributed by atoms with Gasteiger partial charge >= 0.3 is 6.03 Å². The zero-order chi connectivity index (χ0) is 19.1. The van der Waals surface area contributed by atoms with Gasteiger partial charge in [-0.2, -0.15) is 0 Å². The third kappa shape index (κ3) is 6.12. The molecule has 6 heteroatoms. The molecule has 2 aromatic carbocycles. The molecule has 138 valence electrons. The van der Waals surface area contributed by atoms with Gasteiger partial charge in [-0.15, -0.1) is 0 Å². The quantitative estimate of drug-likeness (QED) is 0.675. The number of carbonyl (C=O) groups excluding carboxylic acids is 2. The van der Waals surface area contributed by atoms with E-state index in [-0.39, 0.29) is 5.91 Å². The van der Waals surface area contributed by atoms with Gasteiger partial charge in [-0.25, -0.2) is 4.79 Å². The predicted molar refractivity (Wildman–Crippen MR) is 104 cm³/mol. The fourth-order valence-electron chi connectivity index (χ4n) is 2.39. The van der Waals surface area contributed by atoms with Gasteiger partial charge in [0.15, 0.2) is 6.23 Å². The molecule has 3 amide bonds. The summed E-state index contributed by atoms with van der Waals surface area (Å²) in [4.78, 5) is 23.2. The van der Waals surface area contributed by atoms with E-state index in [0.717, 1.165) is 0 Å². The number of rotatable bonds is 6. The molecule has 1 atom stereocenters. The van der Waals surface area contributed by atoms with Crippen LogP contribution in [-0.4, -0.2) is 18.2 Å². The van der Waals surface area contributed by atoms with Crippen LogP contribution in [0, 0.1) is 0 Å². The Bertz CT molecular complexity index is 757. The van der Waals surface area contributed by atoms with Crippen molar-refractivity contribution >= 4 is 23.3 Å². The van der Waals surface area contributed by atoms with E-state index in [2.05, 4.69) is 29.8 Å². The molecule has 0 saturated heterocycles. The van der Waals surface area contributed by atoms with Crippen LogP contribution in [0.3, 0.4) is 0 Å². The van der Waals surface area contributed by atoms with Crippen LogP contribution in [0.1, 0.15) is 39.2 Å². The summed E-state index contributed by atoms with van der Waals surface area (Å²) in [6, 6.07) is 14.3. The minimum Gasteiger partial charge on any atom is -0.471 e. The van der Waals surface area contributed by atoms with Crippen LogP contribution in [0.15, 0.2) is 48.5 Å². The molecule has 0 fully saturated rings. The highest BCUT2D eigenvalue weighted by Gasteiger charge is 2.09. The first-order chi connectivity index (χ1) is 12.3. The first-order valence-corrected chi connectivity index (χ1v) is 8.55. The normalized spacial score (nSPS) is 11.6. The number of nitrogens with one attached hydrogen (secondary N) is 3. The molecule has 0 bridgehead atoms. The zero-order valence-electron chi connectivity index (χ0n) is 15.5. The Hall–Kier alpha value is -3.02. The van der Waals surface area contributed by atoms with Crippen LogP contribution < -0.4 is 20.7 Å². The molecule has 0 aliphatic rings. The minimum atomic E-state index is -0.501. The van der Waals surface area contributed by atoms with E-state index in [1.165, 1.54) is 12.5 Å². The maximum atomic E-state index is 12.1. The summed E-state index contributed by atoms with van der Waals surface area (Å²) in [7, 11) is 0. The van der Waals surface area contributed by atoms with Crippen molar-refractivity contribution in [3.63, 3.8) is 0 Å². The van der Waals surface area contributed by atoms with Crippen molar-refractivity contribution in [2.75, 3.05) is 10.6 Å². The summed E-state index contributed by atoms with van der Waals surface area (Å²) in [6.07, 6.45) is -0.501. The smallest absolute Gasteiger partial charge is 0.322 e. The predicted octanol–water partition coefficient (Wildman–Crippen LogP) is 4.31. The number of carbonyl (C=O) groups is 2. The van der Waals surface area contributed by atoms with Gasteiger partial charge in [0.2, 0.25) is 5.91 Å².